The van der Waals surface area contributed by atoms with Crippen LogP contribution in [0.25, 0.3) is 0 Å². The summed E-state index contributed by atoms with van der Waals surface area (Å²) in [6.07, 6.45) is 3.87. The van der Waals surface area contributed by atoms with Crippen LogP contribution in [-0.2, 0) is 17.9 Å². The van der Waals surface area contributed by atoms with Gasteiger partial charge in [0.05, 0.1) is 0 Å². The number of rotatable bonds is 6. The molecule has 2 amide bonds. The van der Waals surface area contributed by atoms with Crippen LogP contribution in [0.2, 0.25) is 0 Å². The van der Waals surface area contributed by atoms with Crippen LogP contribution in [-0.4, -0.2) is 29.8 Å². The zero-order valence-electron chi connectivity index (χ0n) is 15.8. The van der Waals surface area contributed by atoms with Crippen LogP contribution >= 0.6 is 0 Å². The smallest absolute Gasteiger partial charge is 0.255 e. The number of likely N-dealkylation sites (tertiary alicyclic amines) is 1. The molecule has 1 saturated heterocycles. The van der Waals surface area contributed by atoms with Gasteiger partial charge in [-0.1, -0.05) is 30.7 Å². The number of benzene rings is 2. The zero-order chi connectivity index (χ0) is 19.1. The predicted octanol–water partition coefficient (Wildman–Crippen LogP) is 3.56. The minimum Gasteiger partial charge on any atom is -0.352 e. The van der Waals surface area contributed by atoms with Crippen molar-refractivity contribution in [1.29, 1.82) is 0 Å². The van der Waals surface area contributed by atoms with E-state index in [9.17, 15) is 9.59 Å². The van der Waals surface area contributed by atoms with E-state index >= 15 is 0 Å². The van der Waals surface area contributed by atoms with Crippen LogP contribution in [0.4, 0.5) is 5.69 Å². The monoisotopic (exact) mass is 365 g/mol. The van der Waals surface area contributed by atoms with E-state index in [-0.39, 0.29) is 11.8 Å². The number of piperidine rings is 1. The molecule has 0 bridgehead atoms. The van der Waals surface area contributed by atoms with Crippen molar-refractivity contribution in [2.24, 2.45) is 0 Å². The maximum Gasteiger partial charge on any atom is 0.255 e. The fourth-order valence-corrected chi connectivity index (χ4v) is 3.33. The summed E-state index contributed by atoms with van der Waals surface area (Å²) in [5.41, 5.74) is 3.60. The highest BCUT2D eigenvalue weighted by atomic mass is 16.2. The van der Waals surface area contributed by atoms with Gasteiger partial charge in [0.15, 0.2) is 0 Å². The Labute approximate surface area is 160 Å². The van der Waals surface area contributed by atoms with Gasteiger partial charge in [-0.2, -0.15) is 0 Å². The Morgan fingerprint density at radius 2 is 1.70 bits per heavy atom. The van der Waals surface area contributed by atoms with Gasteiger partial charge in [-0.3, -0.25) is 14.5 Å². The van der Waals surface area contributed by atoms with Crippen LogP contribution in [0, 0.1) is 0 Å². The Bertz CT molecular complexity index is 780. The molecule has 0 unspecified atom stereocenters. The number of nitrogens with one attached hydrogen (secondary N) is 2. The summed E-state index contributed by atoms with van der Waals surface area (Å²) in [5, 5.41) is 5.72. The van der Waals surface area contributed by atoms with E-state index in [2.05, 4.69) is 27.7 Å². The van der Waals surface area contributed by atoms with Crippen LogP contribution in [0.5, 0.6) is 0 Å². The molecule has 5 heteroatoms. The van der Waals surface area contributed by atoms with Crippen LogP contribution in [0.15, 0.2) is 48.5 Å². The first-order valence-corrected chi connectivity index (χ1v) is 9.56. The van der Waals surface area contributed by atoms with Crippen molar-refractivity contribution < 1.29 is 9.59 Å². The highest BCUT2D eigenvalue weighted by molar-refractivity contribution is 6.04. The van der Waals surface area contributed by atoms with Gasteiger partial charge in [0, 0.05) is 31.3 Å². The number of nitrogens with zero attached hydrogens (tertiary/aromatic N) is 1. The summed E-state index contributed by atoms with van der Waals surface area (Å²) in [4.78, 5) is 25.9. The zero-order valence-corrected chi connectivity index (χ0v) is 15.8. The lowest BCUT2D eigenvalue weighted by Gasteiger charge is -2.26. The molecular weight excluding hydrogens is 338 g/mol. The first-order chi connectivity index (χ1) is 13.1. The number of carbonyl (C=O) groups is 2. The molecule has 1 aliphatic rings. The fourth-order valence-electron chi connectivity index (χ4n) is 3.33. The normalized spacial score (nSPS) is 14.6. The first kappa shape index (κ1) is 19.1. The number of hydrogen-bond donors (Lipinski definition) is 2. The molecule has 3 rings (SSSR count). The van der Waals surface area contributed by atoms with Gasteiger partial charge in [-0.15, -0.1) is 0 Å². The number of carbonyl (C=O) groups excluding carboxylic acids is 2. The molecule has 0 atom stereocenters. The largest absolute Gasteiger partial charge is 0.352 e. The Morgan fingerprint density at radius 3 is 2.41 bits per heavy atom. The van der Waals surface area contributed by atoms with E-state index in [4.69, 9.17) is 0 Å². The summed E-state index contributed by atoms with van der Waals surface area (Å²) >= 11 is 0. The maximum atomic E-state index is 12.5. The second-order valence-corrected chi connectivity index (χ2v) is 7.10. The van der Waals surface area contributed by atoms with E-state index < -0.39 is 0 Å². The average molecular weight is 365 g/mol. The van der Waals surface area contributed by atoms with Gasteiger partial charge >= 0.3 is 0 Å². The van der Waals surface area contributed by atoms with Gasteiger partial charge in [-0.25, -0.2) is 0 Å². The Hall–Kier alpha value is -2.66. The van der Waals surface area contributed by atoms with Crippen molar-refractivity contribution in [2.45, 2.75) is 39.3 Å². The lowest BCUT2D eigenvalue weighted by atomic mass is 10.1. The topological polar surface area (TPSA) is 61.4 Å². The highest BCUT2D eigenvalue weighted by Crippen LogP contribution is 2.17. The van der Waals surface area contributed by atoms with Crippen molar-refractivity contribution in [2.75, 3.05) is 18.4 Å². The summed E-state index contributed by atoms with van der Waals surface area (Å²) < 4.78 is 0. The maximum absolute atomic E-state index is 12.5. The first-order valence-electron chi connectivity index (χ1n) is 9.56. The molecular formula is C22H27N3O2. The second-order valence-electron chi connectivity index (χ2n) is 7.10. The summed E-state index contributed by atoms with van der Waals surface area (Å²) in [6.45, 7) is 5.20. The third kappa shape index (κ3) is 5.93. The van der Waals surface area contributed by atoms with E-state index in [0.717, 1.165) is 30.9 Å². The minimum atomic E-state index is -0.129. The third-order valence-corrected chi connectivity index (χ3v) is 4.80. The van der Waals surface area contributed by atoms with Crippen molar-refractivity contribution >= 4 is 17.5 Å². The third-order valence-electron chi connectivity index (χ3n) is 4.80. The summed E-state index contributed by atoms with van der Waals surface area (Å²) in [7, 11) is 0. The summed E-state index contributed by atoms with van der Waals surface area (Å²) in [5.74, 6) is -0.197. The van der Waals surface area contributed by atoms with E-state index in [0.29, 0.717) is 12.1 Å². The van der Waals surface area contributed by atoms with Gasteiger partial charge in [-0.05, 0) is 61.3 Å². The van der Waals surface area contributed by atoms with Gasteiger partial charge in [0.1, 0.15) is 0 Å². The molecule has 2 aromatic carbocycles. The standard InChI is InChI=1S/C22H27N3O2/c1-17(26)23-15-18-8-10-20(11-9-18)22(27)24-21-7-5-6-19(14-21)16-25-12-3-2-4-13-25/h5-11,14H,2-4,12-13,15-16H2,1H3,(H,23,26)(H,24,27). The van der Waals surface area contributed by atoms with Crippen LogP contribution in [0.1, 0.15) is 47.7 Å². The van der Waals surface area contributed by atoms with Gasteiger partial charge < -0.3 is 10.6 Å². The van der Waals surface area contributed by atoms with Gasteiger partial charge in [0.25, 0.3) is 5.91 Å². The van der Waals surface area contributed by atoms with Crippen molar-refractivity contribution in [1.82, 2.24) is 10.2 Å². The van der Waals surface area contributed by atoms with Crippen molar-refractivity contribution in [3.05, 3.63) is 65.2 Å². The number of anilines is 1. The molecule has 0 radical (unpaired) electrons. The molecule has 27 heavy (non-hydrogen) atoms. The highest BCUT2D eigenvalue weighted by Gasteiger charge is 2.11. The van der Waals surface area contributed by atoms with E-state index in [1.54, 1.807) is 12.1 Å². The van der Waals surface area contributed by atoms with Crippen molar-refractivity contribution in [3.63, 3.8) is 0 Å². The molecule has 1 aliphatic heterocycles. The second kappa shape index (κ2) is 9.33. The molecule has 1 heterocycles. The quantitative estimate of drug-likeness (QED) is 0.823. The van der Waals surface area contributed by atoms with E-state index in [1.165, 1.54) is 31.7 Å². The fraction of sp³-hybridized carbons (Fsp3) is 0.364. The Morgan fingerprint density at radius 1 is 0.963 bits per heavy atom. The summed E-state index contributed by atoms with van der Waals surface area (Å²) in [6, 6.07) is 15.4. The van der Waals surface area contributed by atoms with E-state index in [1.807, 2.05) is 24.3 Å². The molecule has 1 fully saturated rings. The minimum absolute atomic E-state index is 0.0683. The van der Waals surface area contributed by atoms with Crippen LogP contribution < -0.4 is 10.6 Å². The molecule has 0 aromatic heterocycles. The molecule has 2 N–H and O–H groups in total. The SMILES string of the molecule is CC(=O)NCc1ccc(C(=O)Nc2cccc(CN3CCCCC3)c2)cc1. The lowest BCUT2D eigenvalue weighted by Crippen LogP contribution is -2.29. The molecule has 0 aliphatic carbocycles. The lowest BCUT2D eigenvalue weighted by molar-refractivity contribution is -0.119. The number of hydrogen-bond acceptors (Lipinski definition) is 3. The van der Waals surface area contributed by atoms with Crippen molar-refractivity contribution in [3.8, 4) is 0 Å². The molecule has 0 spiro atoms. The van der Waals surface area contributed by atoms with Gasteiger partial charge in [0.2, 0.25) is 5.91 Å². The number of amides is 2. The Kier molecular flexibility index (Phi) is 6.60. The average Bonchev–Trinajstić information content (AvgIpc) is 2.68. The predicted molar refractivity (Wildman–Crippen MR) is 107 cm³/mol. The van der Waals surface area contributed by atoms with Crippen LogP contribution in [0.3, 0.4) is 0 Å². The molecule has 2 aromatic rings. The molecule has 142 valence electrons. The Balaban J connectivity index is 1.58. The molecule has 0 saturated carbocycles. The molecule has 5 nitrogen and oxygen atoms in total.